The molecule has 0 spiro atoms. The average Bonchev–Trinajstić information content (AvgIpc) is 2.32. The first-order valence-corrected chi connectivity index (χ1v) is 5.90. The minimum atomic E-state index is -0.333. The van der Waals surface area contributed by atoms with Crippen LogP contribution in [0.2, 0.25) is 5.02 Å². The minimum Gasteiger partial charge on any atom is -0.396 e. The topological polar surface area (TPSA) is 58.4 Å². The monoisotopic (exact) mass is 255 g/mol. The fourth-order valence-corrected chi connectivity index (χ4v) is 1.62. The molecule has 94 valence electrons. The van der Waals surface area contributed by atoms with Crippen molar-refractivity contribution in [2.24, 2.45) is 0 Å². The van der Waals surface area contributed by atoms with E-state index >= 15 is 0 Å². The fraction of sp³-hybridized carbons (Fsp3) is 0.417. The summed E-state index contributed by atoms with van der Waals surface area (Å²) in [6.07, 6.45) is 0. The molecule has 5 heteroatoms. The maximum absolute atomic E-state index is 11.9. The number of nitrogens with two attached hydrogens (primary N) is 1. The third-order valence-corrected chi connectivity index (χ3v) is 2.98. The highest BCUT2D eigenvalue weighted by Crippen LogP contribution is 2.27. The van der Waals surface area contributed by atoms with Gasteiger partial charge in [0.2, 0.25) is 5.91 Å². The summed E-state index contributed by atoms with van der Waals surface area (Å²) in [5.41, 5.74) is 6.97. The number of anilines is 2. The van der Waals surface area contributed by atoms with Gasteiger partial charge in [-0.15, -0.1) is 0 Å². The summed E-state index contributed by atoms with van der Waals surface area (Å²) in [5, 5.41) is 3.55. The first-order chi connectivity index (χ1) is 7.97. The van der Waals surface area contributed by atoms with Crippen LogP contribution in [-0.2, 0) is 4.79 Å². The van der Waals surface area contributed by atoms with Gasteiger partial charge in [0.25, 0.3) is 0 Å². The number of amides is 1. The Bertz CT molecular complexity index is 409. The van der Waals surface area contributed by atoms with Crippen LogP contribution in [0.4, 0.5) is 11.4 Å². The van der Waals surface area contributed by atoms with E-state index < -0.39 is 0 Å². The Balaban J connectivity index is 2.78. The van der Waals surface area contributed by atoms with Crippen LogP contribution in [0, 0.1) is 0 Å². The van der Waals surface area contributed by atoms with E-state index in [0.717, 1.165) is 0 Å². The van der Waals surface area contributed by atoms with Crippen LogP contribution in [0.3, 0.4) is 0 Å². The first-order valence-electron chi connectivity index (χ1n) is 5.52. The predicted molar refractivity (Wildman–Crippen MR) is 72.3 cm³/mol. The van der Waals surface area contributed by atoms with E-state index in [1.807, 2.05) is 6.92 Å². The number of nitrogens with zero attached hydrogens (tertiary/aromatic N) is 1. The van der Waals surface area contributed by atoms with Crippen LogP contribution < -0.4 is 11.1 Å². The van der Waals surface area contributed by atoms with Gasteiger partial charge in [0, 0.05) is 13.6 Å². The normalized spacial score (nSPS) is 12.0. The summed E-state index contributed by atoms with van der Waals surface area (Å²) in [5.74, 6) is 0.0203. The first kappa shape index (κ1) is 13.6. The van der Waals surface area contributed by atoms with Crippen molar-refractivity contribution in [2.75, 3.05) is 24.6 Å². The van der Waals surface area contributed by atoms with Gasteiger partial charge in [-0.25, -0.2) is 0 Å². The lowest BCUT2D eigenvalue weighted by molar-refractivity contribution is -0.130. The van der Waals surface area contributed by atoms with Crippen LogP contribution in [0.5, 0.6) is 0 Å². The van der Waals surface area contributed by atoms with Gasteiger partial charge in [-0.05, 0) is 26.0 Å². The second kappa shape index (κ2) is 5.77. The van der Waals surface area contributed by atoms with Crippen molar-refractivity contribution in [2.45, 2.75) is 19.9 Å². The molecule has 0 saturated carbocycles. The largest absolute Gasteiger partial charge is 0.396 e. The molecule has 1 unspecified atom stereocenters. The molecule has 0 aliphatic heterocycles. The zero-order valence-corrected chi connectivity index (χ0v) is 11.1. The van der Waals surface area contributed by atoms with E-state index in [1.54, 1.807) is 37.1 Å². The average molecular weight is 256 g/mol. The third kappa shape index (κ3) is 3.27. The Kier molecular flexibility index (Phi) is 4.63. The van der Waals surface area contributed by atoms with Crippen molar-refractivity contribution in [1.29, 1.82) is 0 Å². The van der Waals surface area contributed by atoms with E-state index in [-0.39, 0.29) is 11.9 Å². The summed E-state index contributed by atoms with van der Waals surface area (Å²) in [6, 6.07) is 4.98. The molecule has 4 nitrogen and oxygen atoms in total. The number of nitrogen functional groups attached to an aromatic ring is 1. The molecule has 0 heterocycles. The Morgan fingerprint density at radius 1 is 1.59 bits per heavy atom. The van der Waals surface area contributed by atoms with Gasteiger partial charge < -0.3 is 16.0 Å². The molecule has 1 amide bonds. The highest BCUT2D eigenvalue weighted by atomic mass is 35.5. The molecule has 17 heavy (non-hydrogen) atoms. The van der Waals surface area contributed by atoms with Crippen LogP contribution in [-0.4, -0.2) is 30.4 Å². The van der Waals surface area contributed by atoms with Crippen molar-refractivity contribution in [3.8, 4) is 0 Å². The molecule has 0 fully saturated rings. The van der Waals surface area contributed by atoms with Gasteiger partial charge in [0.05, 0.1) is 16.4 Å². The lowest BCUT2D eigenvalue weighted by Crippen LogP contribution is -2.38. The van der Waals surface area contributed by atoms with E-state index in [0.29, 0.717) is 22.9 Å². The number of para-hydroxylation sites is 1. The SMILES string of the molecule is CCN(C)C(=O)C(C)Nc1cccc(Cl)c1N. The van der Waals surface area contributed by atoms with Crippen LogP contribution >= 0.6 is 11.6 Å². The van der Waals surface area contributed by atoms with Crippen molar-refractivity contribution < 1.29 is 4.79 Å². The lowest BCUT2D eigenvalue weighted by Gasteiger charge is -2.22. The maximum Gasteiger partial charge on any atom is 0.244 e. The standard InChI is InChI=1S/C12H18ClN3O/c1-4-16(3)12(17)8(2)15-10-7-5-6-9(13)11(10)14/h5-8,15H,4,14H2,1-3H3. The number of carbonyl (C=O) groups excluding carboxylic acids is 1. The van der Waals surface area contributed by atoms with Gasteiger partial charge in [-0.3, -0.25) is 4.79 Å². The third-order valence-electron chi connectivity index (χ3n) is 2.65. The van der Waals surface area contributed by atoms with Crippen LogP contribution in [0.25, 0.3) is 0 Å². The molecule has 0 saturated heterocycles. The highest BCUT2D eigenvalue weighted by Gasteiger charge is 2.17. The number of halogens is 1. The second-order valence-electron chi connectivity index (χ2n) is 3.92. The molecule has 0 aliphatic rings. The molecule has 0 bridgehead atoms. The highest BCUT2D eigenvalue weighted by molar-refractivity contribution is 6.33. The Hall–Kier alpha value is -1.42. The van der Waals surface area contributed by atoms with Gasteiger partial charge in [-0.1, -0.05) is 17.7 Å². The molecule has 1 aromatic rings. The molecular weight excluding hydrogens is 238 g/mol. The Morgan fingerprint density at radius 3 is 2.82 bits per heavy atom. The Labute approximate surface area is 107 Å². The number of hydrogen-bond donors (Lipinski definition) is 2. The van der Waals surface area contributed by atoms with Gasteiger partial charge in [0.1, 0.15) is 6.04 Å². The minimum absolute atomic E-state index is 0.0203. The molecule has 3 N–H and O–H groups in total. The maximum atomic E-state index is 11.9. The molecule has 0 radical (unpaired) electrons. The number of nitrogens with one attached hydrogen (secondary N) is 1. The number of benzene rings is 1. The summed E-state index contributed by atoms with van der Waals surface area (Å²) >= 11 is 5.91. The lowest BCUT2D eigenvalue weighted by atomic mass is 10.2. The van der Waals surface area contributed by atoms with Crippen molar-refractivity contribution in [3.63, 3.8) is 0 Å². The van der Waals surface area contributed by atoms with Gasteiger partial charge >= 0.3 is 0 Å². The molecule has 0 aliphatic carbocycles. The summed E-state index contributed by atoms with van der Waals surface area (Å²) in [6.45, 7) is 4.41. The zero-order valence-electron chi connectivity index (χ0n) is 10.3. The van der Waals surface area contributed by atoms with Gasteiger partial charge in [0.15, 0.2) is 0 Å². The van der Waals surface area contributed by atoms with E-state index in [2.05, 4.69) is 5.32 Å². The second-order valence-corrected chi connectivity index (χ2v) is 4.33. The molecule has 1 aromatic carbocycles. The number of hydrogen-bond acceptors (Lipinski definition) is 3. The smallest absolute Gasteiger partial charge is 0.244 e. The predicted octanol–water partition coefficient (Wildman–Crippen LogP) is 2.20. The van der Waals surface area contributed by atoms with Gasteiger partial charge in [-0.2, -0.15) is 0 Å². The molecule has 1 atom stereocenters. The van der Waals surface area contributed by atoms with Crippen molar-refractivity contribution in [3.05, 3.63) is 23.2 Å². The summed E-state index contributed by atoms with van der Waals surface area (Å²) in [4.78, 5) is 13.5. The van der Waals surface area contributed by atoms with Crippen LogP contribution in [0.1, 0.15) is 13.8 Å². The Morgan fingerprint density at radius 2 is 2.24 bits per heavy atom. The van der Waals surface area contributed by atoms with E-state index in [1.165, 1.54) is 0 Å². The van der Waals surface area contributed by atoms with E-state index in [4.69, 9.17) is 17.3 Å². The quantitative estimate of drug-likeness (QED) is 0.811. The van der Waals surface area contributed by atoms with Crippen molar-refractivity contribution in [1.82, 2.24) is 4.90 Å². The number of rotatable bonds is 4. The summed E-state index contributed by atoms with van der Waals surface area (Å²) < 4.78 is 0. The molecule has 0 aromatic heterocycles. The number of likely N-dealkylation sites (N-methyl/N-ethyl adjacent to an activating group) is 1. The van der Waals surface area contributed by atoms with Crippen LogP contribution in [0.15, 0.2) is 18.2 Å². The van der Waals surface area contributed by atoms with E-state index in [9.17, 15) is 4.79 Å². The molecular formula is C12H18ClN3O. The molecule has 1 rings (SSSR count). The number of carbonyl (C=O) groups is 1. The summed E-state index contributed by atoms with van der Waals surface area (Å²) in [7, 11) is 1.77. The zero-order chi connectivity index (χ0) is 13.0. The fourth-order valence-electron chi connectivity index (χ4n) is 1.44. The van der Waals surface area contributed by atoms with Crippen molar-refractivity contribution >= 4 is 28.9 Å².